The Morgan fingerprint density at radius 2 is 2.03 bits per heavy atom. The molecule has 0 saturated heterocycles. The SMILES string of the molecule is CCCc1cc(=O)[nH]c(-n2nc(-c3ccco3)cc2NC(=O)c2ccc(F)cc2)n1. The van der Waals surface area contributed by atoms with Crippen LogP contribution in [0.3, 0.4) is 0 Å². The summed E-state index contributed by atoms with van der Waals surface area (Å²) < 4.78 is 19.9. The van der Waals surface area contributed by atoms with Gasteiger partial charge in [-0.1, -0.05) is 13.3 Å². The van der Waals surface area contributed by atoms with Crippen LogP contribution in [0.4, 0.5) is 10.2 Å². The number of anilines is 1. The van der Waals surface area contributed by atoms with Gasteiger partial charge in [0.05, 0.1) is 6.26 Å². The van der Waals surface area contributed by atoms with Crippen molar-refractivity contribution in [2.45, 2.75) is 19.8 Å². The molecule has 0 aliphatic carbocycles. The van der Waals surface area contributed by atoms with Crippen LogP contribution in [0.1, 0.15) is 29.4 Å². The van der Waals surface area contributed by atoms with E-state index in [-0.39, 0.29) is 22.9 Å². The monoisotopic (exact) mass is 407 g/mol. The van der Waals surface area contributed by atoms with Crippen LogP contribution in [-0.2, 0) is 6.42 Å². The van der Waals surface area contributed by atoms with E-state index in [2.05, 4.69) is 20.4 Å². The number of furan rings is 1. The number of aryl methyl sites for hydroxylation is 1. The molecule has 4 rings (SSSR count). The van der Waals surface area contributed by atoms with Crippen LogP contribution in [0.2, 0.25) is 0 Å². The molecule has 0 radical (unpaired) electrons. The van der Waals surface area contributed by atoms with Crippen molar-refractivity contribution in [2.24, 2.45) is 0 Å². The molecule has 3 heterocycles. The van der Waals surface area contributed by atoms with Gasteiger partial charge in [-0.2, -0.15) is 9.78 Å². The molecule has 4 aromatic rings. The number of carbonyl (C=O) groups is 1. The van der Waals surface area contributed by atoms with Crippen LogP contribution in [-0.4, -0.2) is 25.7 Å². The molecule has 0 aliphatic heterocycles. The molecule has 8 nitrogen and oxygen atoms in total. The molecule has 30 heavy (non-hydrogen) atoms. The molecule has 3 aromatic heterocycles. The molecule has 2 N–H and O–H groups in total. The lowest BCUT2D eigenvalue weighted by Gasteiger charge is -2.09. The summed E-state index contributed by atoms with van der Waals surface area (Å²) in [6.07, 6.45) is 2.95. The molecular formula is C21H18FN5O3. The van der Waals surface area contributed by atoms with E-state index in [0.717, 1.165) is 6.42 Å². The fraction of sp³-hybridized carbons (Fsp3) is 0.143. The quantitative estimate of drug-likeness (QED) is 0.508. The van der Waals surface area contributed by atoms with Crippen molar-refractivity contribution in [1.29, 1.82) is 0 Å². The van der Waals surface area contributed by atoms with Crippen molar-refractivity contribution in [2.75, 3.05) is 5.32 Å². The standard InChI is InChI=1S/C21H18FN5O3/c1-2-4-15-11-19(28)25-21(23-15)27-18(12-16(26-27)17-5-3-10-30-17)24-20(29)13-6-8-14(22)9-7-13/h3,5-12H,2,4H2,1H3,(H,24,29)(H,23,25,28). The van der Waals surface area contributed by atoms with E-state index < -0.39 is 11.7 Å². The Hall–Kier alpha value is -4.01. The van der Waals surface area contributed by atoms with E-state index in [1.165, 1.54) is 41.3 Å². The molecule has 0 atom stereocenters. The minimum Gasteiger partial charge on any atom is -0.463 e. The Morgan fingerprint density at radius 3 is 2.73 bits per heavy atom. The third-order valence-electron chi connectivity index (χ3n) is 4.32. The summed E-state index contributed by atoms with van der Waals surface area (Å²) in [4.78, 5) is 31.9. The number of halogens is 1. The van der Waals surface area contributed by atoms with E-state index in [1.807, 2.05) is 6.92 Å². The predicted molar refractivity (Wildman–Crippen MR) is 108 cm³/mol. The molecule has 0 fully saturated rings. The van der Waals surface area contributed by atoms with Crippen molar-refractivity contribution in [3.63, 3.8) is 0 Å². The molecule has 0 bridgehead atoms. The molecule has 0 aliphatic rings. The zero-order valence-electron chi connectivity index (χ0n) is 16.1. The number of hydrogen-bond acceptors (Lipinski definition) is 5. The first-order valence-corrected chi connectivity index (χ1v) is 9.35. The largest absolute Gasteiger partial charge is 0.463 e. The summed E-state index contributed by atoms with van der Waals surface area (Å²) in [6, 6.07) is 11.6. The third kappa shape index (κ3) is 4.04. The number of nitrogens with zero attached hydrogens (tertiary/aromatic N) is 3. The Kier molecular flexibility index (Phi) is 5.25. The average molecular weight is 407 g/mol. The fourth-order valence-electron chi connectivity index (χ4n) is 2.94. The van der Waals surface area contributed by atoms with Gasteiger partial charge in [0.2, 0.25) is 5.95 Å². The van der Waals surface area contributed by atoms with Crippen LogP contribution >= 0.6 is 0 Å². The highest BCUT2D eigenvalue weighted by atomic mass is 19.1. The molecule has 0 saturated carbocycles. The van der Waals surface area contributed by atoms with Crippen molar-refractivity contribution in [3.05, 3.63) is 82.2 Å². The molecule has 1 amide bonds. The first kappa shape index (κ1) is 19.3. The smallest absolute Gasteiger partial charge is 0.256 e. The van der Waals surface area contributed by atoms with Gasteiger partial charge >= 0.3 is 0 Å². The maximum atomic E-state index is 13.2. The number of carbonyl (C=O) groups excluding carboxylic acids is 1. The summed E-state index contributed by atoms with van der Waals surface area (Å²) in [6.45, 7) is 1.99. The molecule has 1 aromatic carbocycles. The van der Waals surface area contributed by atoms with Crippen LogP contribution in [0, 0.1) is 5.82 Å². The normalized spacial score (nSPS) is 10.9. The highest BCUT2D eigenvalue weighted by Gasteiger charge is 2.18. The van der Waals surface area contributed by atoms with Crippen LogP contribution in [0.25, 0.3) is 17.4 Å². The second-order valence-electron chi connectivity index (χ2n) is 6.58. The number of amides is 1. The van der Waals surface area contributed by atoms with Gasteiger partial charge < -0.3 is 9.73 Å². The van der Waals surface area contributed by atoms with E-state index in [1.54, 1.807) is 18.2 Å². The Balaban J connectivity index is 1.76. The first-order chi connectivity index (χ1) is 14.5. The highest BCUT2D eigenvalue weighted by molar-refractivity contribution is 6.04. The van der Waals surface area contributed by atoms with Gasteiger partial charge in [-0.05, 0) is 42.8 Å². The minimum atomic E-state index is -0.464. The van der Waals surface area contributed by atoms with Gasteiger partial charge in [0.1, 0.15) is 17.3 Å². The topological polar surface area (TPSA) is 106 Å². The lowest BCUT2D eigenvalue weighted by Crippen LogP contribution is -2.19. The van der Waals surface area contributed by atoms with Gasteiger partial charge in [-0.15, -0.1) is 0 Å². The number of aromatic nitrogens is 4. The van der Waals surface area contributed by atoms with Crippen LogP contribution < -0.4 is 10.9 Å². The van der Waals surface area contributed by atoms with Gasteiger partial charge in [0, 0.05) is 23.4 Å². The molecule has 0 unspecified atom stereocenters. The third-order valence-corrected chi connectivity index (χ3v) is 4.32. The number of H-pyrrole nitrogens is 1. The van der Waals surface area contributed by atoms with E-state index in [0.29, 0.717) is 23.6 Å². The number of benzene rings is 1. The van der Waals surface area contributed by atoms with Gasteiger partial charge in [-0.3, -0.25) is 14.6 Å². The molecule has 0 spiro atoms. The Bertz CT molecular complexity index is 1230. The molecular weight excluding hydrogens is 389 g/mol. The summed E-state index contributed by atoms with van der Waals surface area (Å²) in [5, 5.41) is 7.18. The number of hydrogen-bond donors (Lipinski definition) is 2. The fourth-order valence-corrected chi connectivity index (χ4v) is 2.94. The second-order valence-corrected chi connectivity index (χ2v) is 6.58. The second kappa shape index (κ2) is 8.16. The van der Waals surface area contributed by atoms with Crippen molar-refractivity contribution < 1.29 is 13.6 Å². The van der Waals surface area contributed by atoms with E-state index in [4.69, 9.17) is 4.42 Å². The van der Waals surface area contributed by atoms with Gasteiger partial charge in [0.15, 0.2) is 5.76 Å². The maximum Gasteiger partial charge on any atom is 0.256 e. The lowest BCUT2D eigenvalue weighted by atomic mass is 10.2. The summed E-state index contributed by atoms with van der Waals surface area (Å²) in [5.74, 6) is 0.0178. The highest BCUT2D eigenvalue weighted by Crippen LogP contribution is 2.24. The first-order valence-electron chi connectivity index (χ1n) is 9.35. The van der Waals surface area contributed by atoms with Gasteiger partial charge in [0.25, 0.3) is 11.5 Å². The zero-order chi connectivity index (χ0) is 21.1. The zero-order valence-corrected chi connectivity index (χ0v) is 16.1. The minimum absolute atomic E-state index is 0.165. The molecule has 152 valence electrons. The number of nitrogens with one attached hydrogen (secondary N) is 2. The summed E-state index contributed by atoms with van der Waals surface area (Å²) in [5.41, 5.74) is 0.999. The summed E-state index contributed by atoms with van der Waals surface area (Å²) >= 11 is 0. The van der Waals surface area contributed by atoms with Gasteiger partial charge in [-0.25, -0.2) is 9.37 Å². The van der Waals surface area contributed by atoms with E-state index >= 15 is 0 Å². The maximum absolute atomic E-state index is 13.2. The van der Waals surface area contributed by atoms with Crippen molar-refractivity contribution in [3.8, 4) is 17.4 Å². The van der Waals surface area contributed by atoms with Crippen molar-refractivity contribution in [1.82, 2.24) is 19.7 Å². The average Bonchev–Trinajstić information content (AvgIpc) is 3.38. The number of rotatable bonds is 6. The van der Waals surface area contributed by atoms with Crippen LogP contribution in [0.5, 0.6) is 0 Å². The lowest BCUT2D eigenvalue weighted by molar-refractivity contribution is 0.102. The van der Waals surface area contributed by atoms with Crippen molar-refractivity contribution >= 4 is 11.7 Å². The summed E-state index contributed by atoms with van der Waals surface area (Å²) in [7, 11) is 0. The Morgan fingerprint density at radius 1 is 1.23 bits per heavy atom. The predicted octanol–water partition coefficient (Wildman–Crippen LogP) is 3.56. The van der Waals surface area contributed by atoms with E-state index in [9.17, 15) is 14.0 Å². The van der Waals surface area contributed by atoms with Crippen LogP contribution in [0.15, 0.2) is 64.0 Å². The Labute approximate surface area is 170 Å². The number of aromatic amines is 1. The molecule has 9 heteroatoms.